The normalized spacial score (nSPS) is 26.0. The van der Waals surface area contributed by atoms with Crippen LogP contribution < -0.4 is 10.6 Å². The van der Waals surface area contributed by atoms with Gasteiger partial charge in [-0.15, -0.1) is 24.2 Å². The summed E-state index contributed by atoms with van der Waals surface area (Å²) in [5.74, 6) is 1.01. The van der Waals surface area contributed by atoms with Crippen molar-refractivity contribution in [2.45, 2.75) is 37.9 Å². The highest BCUT2D eigenvalue weighted by molar-refractivity contribution is 7.99. The topological polar surface area (TPSA) is 61.4 Å². The second kappa shape index (κ2) is 9.12. The molecular weight excluding hydrogens is 381 g/mol. The van der Waals surface area contributed by atoms with Crippen LogP contribution in [0, 0.1) is 0 Å². The van der Waals surface area contributed by atoms with E-state index in [0.717, 1.165) is 19.4 Å². The summed E-state index contributed by atoms with van der Waals surface area (Å²) in [6.45, 7) is 3.08. The van der Waals surface area contributed by atoms with Crippen LogP contribution in [0.5, 0.6) is 0 Å². The fraction of sp³-hybridized carbons (Fsp3) is 0.529. The average molecular weight is 404 g/mol. The van der Waals surface area contributed by atoms with E-state index in [9.17, 15) is 9.59 Å². The van der Waals surface area contributed by atoms with Crippen molar-refractivity contribution in [1.29, 1.82) is 0 Å². The number of thioether (sulfide) groups is 1. The molecule has 1 aromatic rings. The molecular formula is C17H23Cl2N3O2S. The predicted molar refractivity (Wildman–Crippen MR) is 105 cm³/mol. The number of amides is 2. The Bertz CT molecular complexity index is 614. The zero-order chi connectivity index (χ0) is 17.1. The Morgan fingerprint density at radius 3 is 2.72 bits per heavy atom. The van der Waals surface area contributed by atoms with Gasteiger partial charge < -0.3 is 15.5 Å². The van der Waals surface area contributed by atoms with Gasteiger partial charge in [-0.25, -0.2) is 0 Å². The zero-order valence-electron chi connectivity index (χ0n) is 14.0. The first-order chi connectivity index (χ1) is 11.6. The summed E-state index contributed by atoms with van der Waals surface area (Å²) < 4.78 is 0. The first-order valence-electron chi connectivity index (χ1n) is 8.24. The lowest BCUT2D eigenvalue weighted by molar-refractivity contribution is -0.125. The number of piperidine rings is 1. The van der Waals surface area contributed by atoms with Crippen LogP contribution in [0.4, 0.5) is 0 Å². The Morgan fingerprint density at radius 1 is 1.32 bits per heavy atom. The van der Waals surface area contributed by atoms with Crippen molar-refractivity contribution >= 4 is 47.6 Å². The Kier molecular flexibility index (Phi) is 7.43. The molecule has 2 N–H and O–H groups in total. The molecule has 2 aliphatic rings. The molecule has 0 bridgehead atoms. The van der Waals surface area contributed by atoms with Crippen LogP contribution in [-0.2, 0) is 4.79 Å². The molecule has 0 spiro atoms. The van der Waals surface area contributed by atoms with Crippen LogP contribution in [0.2, 0.25) is 5.02 Å². The fourth-order valence-electron chi connectivity index (χ4n) is 3.14. The first kappa shape index (κ1) is 20.4. The van der Waals surface area contributed by atoms with E-state index in [0.29, 0.717) is 22.2 Å². The van der Waals surface area contributed by atoms with Gasteiger partial charge in [-0.05, 0) is 50.6 Å². The molecule has 0 radical (unpaired) electrons. The molecule has 2 saturated heterocycles. The van der Waals surface area contributed by atoms with Crippen LogP contribution in [0.1, 0.15) is 30.1 Å². The van der Waals surface area contributed by atoms with Crippen molar-refractivity contribution in [3.63, 3.8) is 0 Å². The Hall–Kier alpha value is -0.950. The maximum absolute atomic E-state index is 12.7. The van der Waals surface area contributed by atoms with E-state index >= 15 is 0 Å². The van der Waals surface area contributed by atoms with Gasteiger partial charge >= 0.3 is 0 Å². The molecule has 3 unspecified atom stereocenters. The molecule has 8 heteroatoms. The van der Waals surface area contributed by atoms with E-state index in [1.807, 2.05) is 0 Å². The summed E-state index contributed by atoms with van der Waals surface area (Å²) in [4.78, 5) is 27.1. The third kappa shape index (κ3) is 4.82. The van der Waals surface area contributed by atoms with Crippen molar-refractivity contribution in [3.05, 3.63) is 34.9 Å². The smallest absolute Gasteiger partial charge is 0.255 e. The molecule has 2 heterocycles. The molecule has 0 aromatic heterocycles. The molecule has 2 fully saturated rings. The highest BCUT2D eigenvalue weighted by Gasteiger charge is 2.36. The van der Waals surface area contributed by atoms with E-state index in [-0.39, 0.29) is 36.3 Å². The third-order valence-electron chi connectivity index (χ3n) is 4.63. The number of hydrogen-bond donors (Lipinski definition) is 2. The lowest BCUT2D eigenvalue weighted by Gasteiger charge is -2.32. The maximum atomic E-state index is 12.7. The molecule has 138 valence electrons. The van der Waals surface area contributed by atoms with E-state index in [1.54, 1.807) is 40.9 Å². The number of benzene rings is 1. The Morgan fingerprint density at radius 2 is 2.04 bits per heavy atom. The van der Waals surface area contributed by atoms with Crippen LogP contribution in [0.3, 0.4) is 0 Å². The van der Waals surface area contributed by atoms with Crippen molar-refractivity contribution < 1.29 is 9.59 Å². The Balaban J connectivity index is 0.00000225. The van der Waals surface area contributed by atoms with Crippen LogP contribution in [0.25, 0.3) is 0 Å². The molecule has 25 heavy (non-hydrogen) atoms. The van der Waals surface area contributed by atoms with Gasteiger partial charge in [0.05, 0.1) is 5.88 Å². The molecule has 0 aliphatic carbocycles. The third-order valence-corrected chi connectivity index (χ3v) is 5.89. The minimum Gasteiger partial charge on any atom is -0.350 e. The van der Waals surface area contributed by atoms with Crippen LogP contribution in [-0.4, -0.2) is 53.0 Å². The molecule has 0 saturated carbocycles. The summed E-state index contributed by atoms with van der Waals surface area (Å²) >= 11 is 7.49. The van der Waals surface area contributed by atoms with Crippen molar-refractivity contribution in [1.82, 2.24) is 15.5 Å². The van der Waals surface area contributed by atoms with Crippen molar-refractivity contribution in [2.75, 3.05) is 18.2 Å². The second-order valence-corrected chi connectivity index (χ2v) is 7.73. The number of nitrogens with zero attached hydrogens (tertiary/aromatic N) is 1. The highest BCUT2D eigenvalue weighted by Crippen LogP contribution is 2.24. The van der Waals surface area contributed by atoms with Gasteiger partial charge in [-0.2, -0.15) is 0 Å². The van der Waals surface area contributed by atoms with E-state index in [1.165, 1.54) is 0 Å². The SMILES string of the molecule is CC1NCCCC1NC(=O)C1CSCN1C(=O)c1ccc(Cl)cc1.Cl. The standard InChI is InChI=1S/C17H22ClN3O2S.ClH/c1-11-14(3-2-8-19-11)20-16(22)15-9-24-10-21(15)17(23)12-4-6-13(18)7-5-12;/h4-7,11,14-15,19H,2-3,8-10H2,1H3,(H,20,22);1H. The van der Waals surface area contributed by atoms with Gasteiger partial charge in [0.2, 0.25) is 5.91 Å². The lowest BCUT2D eigenvalue weighted by Crippen LogP contribution is -2.56. The number of halogens is 2. The van der Waals surface area contributed by atoms with Crippen molar-refractivity contribution in [2.24, 2.45) is 0 Å². The largest absolute Gasteiger partial charge is 0.350 e. The van der Waals surface area contributed by atoms with Gasteiger partial charge in [0.25, 0.3) is 5.91 Å². The monoisotopic (exact) mass is 403 g/mol. The number of hydrogen-bond acceptors (Lipinski definition) is 4. The summed E-state index contributed by atoms with van der Waals surface area (Å²) in [5.41, 5.74) is 0.562. The number of carbonyl (C=O) groups is 2. The van der Waals surface area contributed by atoms with Gasteiger partial charge in [-0.3, -0.25) is 9.59 Å². The van der Waals surface area contributed by atoms with E-state index in [2.05, 4.69) is 17.6 Å². The summed E-state index contributed by atoms with van der Waals surface area (Å²) in [6, 6.07) is 6.78. The molecule has 3 atom stereocenters. The minimum absolute atomic E-state index is 0. The predicted octanol–water partition coefficient (Wildman–Crippen LogP) is 2.53. The number of rotatable bonds is 3. The average Bonchev–Trinajstić information content (AvgIpc) is 3.07. The van der Waals surface area contributed by atoms with Gasteiger partial charge in [-0.1, -0.05) is 11.6 Å². The molecule has 2 amide bonds. The summed E-state index contributed by atoms with van der Waals surface area (Å²) in [7, 11) is 0. The minimum atomic E-state index is -0.410. The van der Waals surface area contributed by atoms with Crippen LogP contribution >= 0.6 is 35.8 Å². The van der Waals surface area contributed by atoms with Gasteiger partial charge in [0, 0.05) is 28.4 Å². The van der Waals surface area contributed by atoms with E-state index < -0.39 is 6.04 Å². The Labute approximate surface area is 163 Å². The first-order valence-corrected chi connectivity index (χ1v) is 9.77. The van der Waals surface area contributed by atoms with Crippen molar-refractivity contribution in [3.8, 4) is 0 Å². The van der Waals surface area contributed by atoms with Crippen LogP contribution in [0.15, 0.2) is 24.3 Å². The zero-order valence-corrected chi connectivity index (χ0v) is 16.4. The molecule has 1 aromatic carbocycles. The second-order valence-electron chi connectivity index (χ2n) is 6.30. The highest BCUT2D eigenvalue weighted by atomic mass is 35.5. The molecule has 5 nitrogen and oxygen atoms in total. The quantitative estimate of drug-likeness (QED) is 0.813. The number of carbonyl (C=O) groups excluding carboxylic acids is 2. The number of nitrogens with one attached hydrogen (secondary N) is 2. The lowest BCUT2D eigenvalue weighted by atomic mass is 9.99. The van der Waals surface area contributed by atoms with E-state index in [4.69, 9.17) is 11.6 Å². The molecule has 3 rings (SSSR count). The summed E-state index contributed by atoms with van der Waals surface area (Å²) in [6.07, 6.45) is 2.03. The molecule has 2 aliphatic heterocycles. The van der Waals surface area contributed by atoms with Gasteiger partial charge in [0.15, 0.2) is 0 Å². The maximum Gasteiger partial charge on any atom is 0.255 e. The summed E-state index contributed by atoms with van der Waals surface area (Å²) in [5, 5.41) is 7.10. The van der Waals surface area contributed by atoms with Gasteiger partial charge in [0.1, 0.15) is 6.04 Å². The fourth-order valence-corrected chi connectivity index (χ4v) is 4.42.